The smallest absolute Gasteiger partial charge is 0.165 e. The van der Waals surface area contributed by atoms with Crippen LogP contribution in [0, 0.1) is 0 Å². The SMILES string of the molecule is CCCCCCOc1c(CNCc2cccnc2)cccc1OC. The topological polar surface area (TPSA) is 43.4 Å². The van der Waals surface area contributed by atoms with Crippen molar-refractivity contribution in [2.75, 3.05) is 13.7 Å². The van der Waals surface area contributed by atoms with E-state index in [0.717, 1.165) is 43.2 Å². The van der Waals surface area contributed by atoms with E-state index in [1.54, 1.807) is 13.3 Å². The first-order valence-electron chi connectivity index (χ1n) is 8.73. The summed E-state index contributed by atoms with van der Waals surface area (Å²) in [6, 6.07) is 10.1. The number of unbranched alkanes of at least 4 members (excludes halogenated alkanes) is 3. The van der Waals surface area contributed by atoms with Crippen LogP contribution in [0.3, 0.4) is 0 Å². The number of aromatic nitrogens is 1. The molecular weight excluding hydrogens is 300 g/mol. The van der Waals surface area contributed by atoms with Crippen LogP contribution in [0.4, 0.5) is 0 Å². The molecule has 0 aliphatic heterocycles. The van der Waals surface area contributed by atoms with Crippen LogP contribution in [0.1, 0.15) is 43.7 Å². The molecule has 0 atom stereocenters. The molecule has 2 aromatic rings. The summed E-state index contributed by atoms with van der Waals surface area (Å²) in [6.45, 7) is 4.46. The third-order valence-electron chi connectivity index (χ3n) is 3.89. The maximum Gasteiger partial charge on any atom is 0.165 e. The second-order valence-corrected chi connectivity index (χ2v) is 5.82. The highest BCUT2D eigenvalue weighted by atomic mass is 16.5. The van der Waals surface area contributed by atoms with Gasteiger partial charge in [0, 0.05) is 31.0 Å². The molecule has 0 aliphatic rings. The lowest BCUT2D eigenvalue weighted by Gasteiger charge is -2.15. The summed E-state index contributed by atoms with van der Waals surface area (Å²) in [7, 11) is 1.69. The summed E-state index contributed by atoms with van der Waals surface area (Å²) < 4.78 is 11.5. The molecule has 1 heterocycles. The Balaban J connectivity index is 1.92. The maximum absolute atomic E-state index is 6.03. The van der Waals surface area contributed by atoms with Crippen molar-refractivity contribution in [1.29, 1.82) is 0 Å². The average molecular weight is 328 g/mol. The molecule has 1 aromatic heterocycles. The molecule has 1 N–H and O–H groups in total. The maximum atomic E-state index is 6.03. The molecule has 130 valence electrons. The number of pyridine rings is 1. The molecule has 0 saturated carbocycles. The van der Waals surface area contributed by atoms with Gasteiger partial charge in [0.15, 0.2) is 11.5 Å². The first kappa shape index (κ1) is 18.3. The second kappa shape index (κ2) is 10.7. The van der Waals surface area contributed by atoms with Crippen molar-refractivity contribution >= 4 is 0 Å². The lowest BCUT2D eigenvalue weighted by atomic mass is 10.1. The molecule has 4 heteroatoms. The highest BCUT2D eigenvalue weighted by molar-refractivity contribution is 5.46. The molecule has 0 bridgehead atoms. The minimum absolute atomic E-state index is 0.732. The van der Waals surface area contributed by atoms with E-state index in [1.165, 1.54) is 24.8 Å². The van der Waals surface area contributed by atoms with Gasteiger partial charge in [0.1, 0.15) is 0 Å². The van der Waals surface area contributed by atoms with Gasteiger partial charge in [-0.15, -0.1) is 0 Å². The zero-order valence-corrected chi connectivity index (χ0v) is 14.8. The van der Waals surface area contributed by atoms with Gasteiger partial charge in [-0.2, -0.15) is 0 Å². The normalized spacial score (nSPS) is 10.6. The van der Waals surface area contributed by atoms with Crippen LogP contribution < -0.4 is 14.8 Å². The third kappa shape index (κ3) is 5.85. The van der Waals surface area contributed by atoms with Crippen LogP contribution in [-0.4, -0.2) is 18.7 Å². The summed E-state index contributed by atoms with van der Waals surface area (Å²) in [5, 5.41) is 3.44. The predicted octanol–water partition coefficient (Wildman–Crippen LogP) is 4.34. The Morgan fingerprint density at radius 1 is 1.04 bits per heavy atom. The van der Waals surface area contributed by atoms with Gasteiger partial charge in [0.25, 0.3) is 0 Å². The molecule has 0 aliphatic carbocycles. The van der Waals surface area contributed by atoms with Gasteiger partial charge in [-0.3, -0.25) is 4.98 Å². The van der Waals surface area contributed by atoms with Crippen LogP contribution in [0.5, 0.6) is 11.5 Å². The fourth-order valence-corrected chi connectivity index (χ4v) is 2.57. The van der Waals surface area contributed by atoms with E-state index in [4.69, 9.17) is 9.47 Å². The van der Waals surface area contributed by atoms with Crippen molar-refractivity contribution in [1.82, 2.24) is 10.3 Å². The lowest BCUT2D eigenvalue weighted by molar-refractivity contribution is 0.281. The summed E-state index contributed by atoms with van der Waals surface area (Å²) in [4.78, 5) is 4.14. The molecule has 1 aromatic carbocycles. The predicted molar refractivity (Wildman–Crippen MR) is 97.4 cm³/mol. The van der Waals surface area contributed by atoms with Gasteiger partial charge < -0.3 is 14.8 Å². The van der Waals surface area contributed by atoms with Crippen molar-refractivity contribution < 1.29 is 9.47 Å². The molecule has 2 rings (SSSR count). The van der Waals surface area contributed by atoms with Crippen LogP contribution >= 0.6 is 0 Å². The molecule has 0 amide bonds. The fraction of sp³-hybridized carbons (Fsp3) is 0.450. The molecule has 0 saturated heterocycles. The van der Waals surface area contributed by atoms with Crippen molar-refractivity contribution in [3.8, 4) is 11.5 Å². The number of ether oxygens (including phenoxy) is 2. The Labute approximate surface area is 145 Å². The first-order valence-corrected chi connectivity index (χ1v) is 8.73. The van der Waals surface area contributed by atoms with E-state index in [2.05, 4.69) is 29.4 Å². The number of nitrogens with one attached hydrogen (secondary N) is 1. The number of methoxy groups -OCH3 is 1. The molecule has 4 nitrogen and oxygen atoms in total. The quantitative estimate of drug-likeness (QED) is 0.623. The highest BCUT2D eigenvalue weighted by Gasteiger charge is 2.10. The minimum atomic E-state index is 0.732. The Morgan fingerprint density at radius 2 is 1.96 bits per heavy atom. The van der Waals surface area contributed by atoms with E-state index in [1.807, 2.05) is 24.4 Å². The lowest BCUT2D eigenvalue weighted by Crippen LogP contribution is -2.14. The van der Waals surface area contributed by atoms with E-state index in [-0.39, 0.29) is 0 Å². The van der Waals surface area contributed by atoms with Crippen LogP contribution in [0.2, 0.25) is 0 Å². The van der Waals surface area contributed by atoms with Crippen molar-refractivity contribution in [2.45, 2.75) is 45.7 Å². The highest BCUT2D eigenvalue weighted by Crippen LogP contribution is 2.31. The Kier molecular flexibility index (Phi) is 8.11. The van der Waals surface area contributed by atoms with Gasteiger partial charge in [0.05, 0.1) is 13.7 Å². The summed E-state index contributed by atoms with van der Waals surface area (Å²) >= 11 is 0. The van der Waals surface area contributed by atoms with Crippen LogP contribution in [0.25, 0.3) is 0 Å². The Bertz CT molecular complexity index is 587. The number of para-hydroxylation sites is 1. The zero-order chi connectivity index (χ0) is 17.0. The fourth-order valence-electron chi connectivity index (χ4n) is 2.57. The summed E-state index contributed by atoms with van der Waals surface area (Å²) in [5.74, 6) is 1.65. The average Bonchev–Trinajstić information content (AvgIpc) is 2.63. The summed E-state index contributed by atoms with van der Waals surface area (Å²) in [5.41, 5.74) is 2.29. The van der Waals surface area contributed by atoms with E-state index >= 15 is 0 Å². The third-order valence-corrected chi connectivity index (χ3v) is 3.89. The first-order chi connectivity index (χ1) is 11.8. The summed E-state index contributed by atoms with van der Waals surface area (Å²) in [6.07, 6.45) is 8.45. The number of hydrogen-bond donors (Lipinski definition) is 1. The molecule has 0 unspecified atom stereocenters. The standard InChI is InChI=1S/C20H28N2O2/c1-3-4-5-6-13-24-20-18(10-7-11-19(20)23-2)16-22-15-17-9-8-12-21-14-17/h7-12,14,22H,3-6,13,15-16H2,1-2H3. The molecule has 24 heavy (non-hydrogen) atoms. The number of hydrogen-bond acceptors (Lipinski definition) is 4. The molecular formula is C20H28N2O2. The Hall–Kier alpha value is -2.07. The van der Waals surface area contributed by atoms with Gasteiger partial charge in [0.2, 0.25) is 0 Å². The molecule has 0 spiro atoms. The zero-order valence-electron chi connectivity index (χ0n) is 14.8. The van der Waals surface area contributed by atoms with Crippen molar-refractivity contribution in [3.63, 3.8) is 0 Å². The van der Waals surface area contributed by atoms with Crippen LogP contribution in [0.15, 0.2) is 42.7 Å². The molecule has 0 radical (unpaired) electrons. The van der Waals surface area contributed by atoms with E-state index in [9.17, 15) is 0 Å². The van der Waals surface area contributed by atoms with Gasteiger partial charge in [-0.25, -0.2) is 0 Å². The van der Waals surface area contributed by atoms with Gasteiger partial charge in [-0.1, -0.05) is 44.4 Å². The Morgan fingerprint density at radius 3 is 2.71 bits per heavy atom. The van der Waals surface area contributed by atoms with Gasteiger partial charge in [-0.05, 0) is 24.1 Å². The van der Waals surface area contributed by atoms with Crippen molar-refractivity contribution in [2.24, 2.45) is 0 Å². The molecule has 0 fully saturated rings. The van der Waals surface area contributed by atoms with Gasteiger partial charge >= 0.3 is 0 Å². The van der Waals surface area contributed by atoms with Crippen LogP contribution in [-0.2, 0) is 13.1 Å². The number of nitrogens with zero attached hydrogens (tertiary/aromatic N) is 1. The van der Waals surface area contributed by atoms with Crippen molar-refractivity contribution in [3.05, 3.63) is 53.9 Å². The number of rotatable bonds is 11. The second-order valence-electron chi connectivity index (χ2n) is 5.82. The van der Waals surface area contributed by atoms with E-state index < -0.39 is 0 Å². The monoisotopic (exact) mass is 328 g/mol. The minimum Gasteiger partial charge on any atom is -0.493 e. The number of benzene rings is 1. The largest absolute Gasteiger partial charge is 0.493 e. The van der Waals surface area contributed by atoms with E-state index in [0.29, 0.717) is 0 Å².